The van der Waals surface area contributed by atoms with Crippen molar-refractivity contribution in [2.24, 2.45) is 0 Å². The first-order valence-electron chi connectivity index (χ1n) is 6.75. The standard InChI is InChI=1S/C15H19BrO4/c1-3-20-14(17)5-4-10-6-12(16)7-13(15(10)18-2)11-8-19-9-11/h6-7,11H,3-5,8-9H2,1-2H3. The average molecular weight is 343 g/mol. The summed E-state index contributed by atoms with van der Waals surface area (Å²) in [6.45, 7) is 3.68. The third-order valence-corrected chi connectivity index (χ3v) is 3.80. The first-order valence-corrected chi connectivity index (χ1v) is 7.54. The number of halogens is 1. The van der Waals surface area contributed by atoms with Gasteiger partial charge in [0, 0.05) is 22.4 Å². The van der Waals surface area contributed by atoms with Crippen LogP contribution in [0.1, 0.15) is 30.4 Å². The molecule has 2 rings (SSSR count). The Labute approximate surface area is 127 Å². The van der Waals surface area contributed by atoms with Crippen molar-refractivity contribution >= 4 is 21.9 Å². The molecule has 1 aromatic rings. The number of esters is 1. The Kier molecular flexibility index (Phi) is 5.43. The fourth-order valence-electron chi connectivity index (χ4n) is 2.30. The maximum atomic E-state index is 11.5. The second kappa shape index (κ2) is 7.09. The molecule has 1 aliphatic heterocycles. The van der Waals surface area contributed by atoms with Crippen LogP contribution in [-0.2, 0) is 20.7 Å². The van der Waals surface area contributed by atoms with E-state index in [-0.39, 0.29) is 5.97 Å². The third-order valence-electron chi connectivity index (χ3n) is 3.35. The molecule has 5 heteroatoms. The molecule has 1 aliphatic rings. The van der Waals surface area contributed by atoms with E-state index in [9.17, 15) is 4.79 Å². The summed E-state index contributed by atoms with van der Waals surface area (Å²) in [5.41, 5.74) is 2.17. The lowest BCUT2D eigenvalue weighted by Gasteiger charge is -2.29. The van der Waals surface area contributed by atoms with Crippen molar-refractivity contribution in [3.63, 3.8) is 0 Å². The van der Waals surface area contributed by atoms with E-state index >= 15 is 0 Å². The molecule has 1 fully saturated rings. The highest BCUT2D eigenvalue weighted by Crippen LogP contribution is 2.37. The van der Waals surface area contributed by atoms with E-state index in [1.165, 1.54) is 0 Å². The number of carbonyl (C=O) groups excluding carboxylic acids is 1. The maximum Gasteiger partial charge on any atom is 0.306 e. The molecular formula is C15H19BrO4. The molecule has 1 saturated heterocycles. The van der Waals surface area contributed by atoms with E-state index in [2.05, 4.69) is 22.0 Å². The number of rotatable bonds is 6. The second-order valence-electron chi connectivity index (χ2n) is 4.73. The topological polar surface area (TPSA) is 44.8 Å². The number of methoxy groups -OCH3 is 1. The van der Waals surface area contributed by atoms with Gasteiger partial charge in [0.2, 0.25) is 0 Å². The number of ether oxygens (including phenoxy) is 3. The molecule has 0 bridgehead atoms. The lowest BCUT2D eigenvalue weighted by Crippen LogP contribution is -2.25. The monoisotopic (exact) mass is 342 g/mol. The predicted molar refractivity (Wildman–Crippen MR) is 79.2 cm³/mol. The van der Waals surface area contributed by atoms with Gasteiger partial charge in [-0.05, 0) is 31.0 Å². The Bertz CT molecular complexity index is 483. The zero-order valence-electron chi connectivity index (χ0n) is 11.8. The minimum Gasteiger partial charge on any atom is -0.496 e. The molecule has 0 spiro atoms. The Hall–Kier alpha value is -1.07. The maximum absolute atomic E-state index is 11.5. The zero-order valence-corrected chi connectivity index (χ0v) is 13.4. The van der Waals surface area contributed by atoms with Crippen molar-refractivity contribution in [3.8, 4) is 5.75 Å². The highest BCUT2D eigenvalue weighted by Gasteiger charge is 2.26. The van der Waals surface area contributed by atoms with Gasteiger partial charge in [0.05, 0.1) is 26.9 Å². The molecule has 20 heavy (non-hydrogen) atoms. The van der Waals surface area contributed by atoms with Gasteiger partial charge in [-0.2, -0.15) is 0 Å². The van der Waals surface area contributed by atoms with E-state index in [4.69, 9.17) is 14.2 Å². The molecule has 0 aliphatic carbocycles. The van der Waals surface area contributed by atoms with E-state index < -0.39 is 0 Å². The van der Waals surface area contributed by atoms with E-state index in [1.807, 2.05) is 13.0 Å². The van der Waals surface area contributed by atoms with Crippen LogP contribution in [-0.4, -0.2) is 32.9 Å². The summed E-state index contributed by atoms with van der Waals surface area (Å²) < 4.78 is 16.8. The van der Waals surface area contributed by atoms with Gasteiger partial charge in [0.15, 0.2) is 0 Å². The van der Waals surface area contributed by atoms with Crippen molar-refractivity contribution in [1.82, 2.24) is 0 Å². The van der Waals surface area contributed by atoms with E-state index in [0.29, 0.717) is 25.4 Å². The zero-order chi connectivity index (χ0) is 14.5. The van der Waals surface area contributed by atoms with Gasteiger partial charge in [-0.15, -0.1) is 0 Å². The highest BCUT2D eigenvalue weighted by atomic mass is 79.9. The van der Waals surface area contributed by atoms with Gasteiger partial charge < -0.3 is 14.2 Å². The van der Waals surface area contributed by atoms with Crippen LogP contribution in [0.2, 0.25) is 0 Å². The van der Waals surface area contributed by atoms with Gasteiger partial charge in [-0.1, -0.05) is 15.9 Å². The van der Waals surface area contributed by atoms with E-state index in [0.717, 1.165) is 34.6 Å². The van der Waals surface area contributed by atoms with Crippen molar-refractivity contribution in [2.45, 2.75) is 25.7 Å². The number of hydrogen-bond donors (Lipinski definition) is 0. The summed E-state index contributed by atoms with van der Waals surface area (Å²) >= 11 is 3.52. The molecule has 0 aromatic heterocycles. The molecular weight excluding hydrogens is 324 g/mol. The average Bonchev–Trinajstić information content (AvgIpc) is 2.34. The van der Waals surface area contributed by atoms with Crippen molar-refractivity contribution < 1.29 is 19.0 Å². The number of hydrogen-bond acceptors (Lipinski definition) is 4. The van der Waals surface area contributed by atoms with Crippen LogP contribution in [0.15, 0.2) is 16.6 Å². The summed E-state index contributed by atoms with van der Waals surface area (Å²) in [7, 11) is 1.67. The Balaban J connectivity index is 2.18. The quantitative estimate of drug-likeness (QED) is 0.745. The summed E-state index contributed by atoms with van der Waals surface area (Å²) in [5.74, 6) is 1.07. The van der Waals surface area contributed by atoms with Crippen LogP contribution in [0, 0.1) is 0 Å². The summed E-state index contributed by atoms with van der Waals surface area (Å²) in [6, 6.07) is 4.07. The van der Waals surface area contributed by atoms with Crippen LogP contribution in [0.3, 0.4) is 0 Å². The first kappa shape index (κ1) is 15.3. The fraction of sp³-hybridized carbons (Fsp3) is 0.533. The smallest absolute Gasteiger partial charge is 0.306 e. The second-order valence-corrected chi connectivity index (χ2v) is 5.64. The van der Waals surface area contributed by atoms with Gasteiger partial charge in [0.25, 0.3) is 0 Å². The Morgan fingerprint density at radius 2 is 2.20 bits per heavy atom. The molecule has 0 unspecified atom stereocenters. The summed E-state index contributed by atoms with van der Waals surface area (Å²) in [6.07, 6.45) is 0.975. The highest BCUT2D eigenvalue weighted by molar-refractivity contribution is 9.10. The van der Waals surface area contributed by atoms with E-state index in [1.54, 1.807) is 7.11 Å². The van der Waals surface area contributed by atoms with Crippen molar-refractivity contribution in [2.75, 3.05) is 26.9 Å². The fourth-order valence-corrected chi connectivity index (χ4v) is 2.82. The molecule has 1 aromatic carbocycles. The molecule has 1 heterocycles. The predicted octanol–water partition coefficient (Wildman–Crippen LogP) is 3.07. The molecule has 0 atom stereocenters. The van der Waals surface area contributed by atoms with Crippen LogP contribution in [0.4, 0.5) is 0 Å². The van der Waals surface area contributed by atoms with Crippen LogP contribution in [0.5, 0.6) is 5.75 Å². The molecule has 0 amide bonds. The summed E-state index contributed by atoms with van der Waals surface area (Å²) in [4.78, 5) is 11.5. The normalized spacial score (nSPS) is 14.8. The lowest BCUT2D eigenvalue weighted by atomic mass is 9.93. The molecule has 4 nitrogen and oxygen atoms in total. The Morgan fingerprint density at radius 1 is 1.45 bits per heavy atom. The van der Waals surface area contributed by atoms with Crippen LogP contribution in [0.25, 0.3) is 0 Å². The van der Waals surface area contributed by atoms with Crippen LogP contribution >= 0.6 is 15.9 Å². The van der Waals surface area contributed by atoms with Crippen molar-refractivity contribution in [1.29, 1.82) is 0 Å². The minimum atomic E-state index is -0.178. The number of carbonyl (C=O) groups is 1. The van der Waals surface area contributed by atoms with Gasteiger partial charge >= 0.3 is 5.97 Å². The largest absolute Gasteiger partial charge is 0.496 e. The number of benzene rings is 1. The molecule has 0 saturated carbocycles. The Morgan fingerprint density at radius 3 is 2.75 bits per heavy atom. The first-order chi connectivity index (χ1) is 9.65. The lowest BCUT2D eigenvalue weighted by molar-refractivity contribution is -0.143. The number of aryl methyl sites for hydroxylation is 1. The van der Waals surface area contributed by atoms with Crippen LogP contribution < -0.4 is 4.74 Å². The van der Waals surface area contributed by atoms with Gasteiger partial charge in [0.1, 0.15) is 5.75 Å². The van der Waals surface area contributed by atoms with Crippen molar-refractivity contribution in [3.05, 3.63) is 27.7 Å². The molecule has 0 radical (unpaired) electrons. The molecule has 110 valence electrons. The third kappa shape index (κ3) is 3.52. The van der Waals surface area contributed by atoms with Gasteiger partial charge in [-0.3, -0.25) is 4.79 Å². The minimum absolute atomic E-state index is 0.178. The molecule has 0 N–H and O–H groups in total. The SMILES string of the molecule is CCOC(=O)CCc1cc(Br)cc(C2COC2)c1OC. The van der Waals surface area contributed by atoms with Gasteiger partial charge in [-0.25, -0.2) is 0 Å². The summed E-state index contributed by atoms with van der Waals surface area (Å²) in [5, 5.41) is 0.